The average molecular weight is 527 g/mol. The van der Waals surface area contributed by atoms with Crippen molar-refractivity contribution in [3.63, 3.8) is 0 Å². The Labute approximate surface area is 187 Å². The number of piperazine rings is 1. The molecule has 1 aromatic heterocycles. The maximum Gasteiger partial charge on any atom is 0.205 e. The van der Waals surface area contributed by atoms with Gasteiger partial charge in [-0.3, -0.25) is 4.99 Å². The molecule has 7 nitrogen and oxygen atoms in total. The Bertz CT molecular complexity index is 600. The number of hydrogen-bond acceptors (Lipinski definition) is 7. The fourth-order valence-corrected chi connectivity index (χ4v) is 4.99. The third kappa shape index (κ3) is 5.83. The summed E-state index contributed by atoms with van der Waals surface area (Å²) in [4.78, 5) is 13.8. The first-order valence-corrected chi connectivity index (χ1v) is 11.4. The van der Waals surface area contributed by atoms with Crippen LogP contribution in [0.3, 0.4) is 0 Å². The second kappa shape index (κ2) is 11.0. The number of thioether (sulfide) groups is 1. The minimum Gasteiger partial charge on any atom is -0.381 e. The number of halogens is 1. The molecule has 0 spiro atoms. The molecule has 0 saturated carbocycles. The molecule has 2 aliphatic heterocycles. The molecule has 0 aromatic carbocycles. The first-order valence-electron chi connectivity index (χ1n) is 9.36. The van der Waals surface area contributed by atoms with Gasteiger partial charge in [0.25, 0.3) is 0 Å². The predicted octanol–water partition coefficient (Wildman–Crippen LogP) is 2.33. The summed E-state index contributed by atoms with van der Waals surface area (Å²) in [5.74, 6) is 1.96. The second-order valence-electron chi connectivity index (χ2n) is 6.72. The number of nitrogens with zero attached hydrogens (tertiary/aromatic N) is 5. The van der Waals surface area contributed by atoms with Crippen molar-refractivity contribution in [3.8, 4) is 0 Å². The molecule has 1 aromatic rings. The van der Waals surface area contributed by atoms with Gasteiger partial charge in [-0.1, -0.05) is 6.92 Å². The van der Waals surface area contributed by atoms with Crippen molar-refractivity contribution < 1.29 is 4.74 Å². The highest BCUT2D eigenvalue weighted by Crippen LogP contribution is 2.33. The summed E-state index contributed by atoms with van der Waals surface area (Å²) in [5.41, 5.74) is 0. The van der Waals surface area contributed by atoms with Gasteiger partial charge in [-0.15, -0.1) is 24.0 Å². The highest BCUT2D eigenvalue weighted by molar-refractivity contribution is 14.0. The Kier molecular flexibility index (Phi) is 9.36. The summed E-state index contributed by atoms with van der Waals surface area (Å²) >= 11 is 3.47. The van der Waals surface area contributed by atoms with Crippen LogP contribution in [0, 0.1) is 0 Å². The number of anilines is 1. The Morgan fingerprint density at radius 2 is 2.00 bits per heavy atom. The van der Waals surface area contributed by atoms with E-state index in [0.29, 0.717) is 0 Å². The highest BCUT2D eigenvalue weighted by atomic mass is 127. The standard InChI is InChI=1S/C17H30N6OS2.HI/c1-4-14-20-16(26-21-14)23-9-7-22(8-10-23)15(18-2)19-13-17(25-3)5-11-24-12-6-17;/h4-13H2,1-3H3,(H,18,19);1H. The van der Waals surface area contributed by atoms with E-state index in [1.165, 1.54) is 11.5 Å². The Balaban J connectivity index is 0.00000261. The van der Waals surface area contributed by atoms with Gasteiger partial charge in [-0.05, 0) is 19.1 Å². The average Bonchev–Trinajstić information content (AvgIpc) is 3.19. The smallest absolute Gasteiger partial charge is 0.205 e. The monoisotopic (exact) mass is 526 g/mol. The third-order valence-corrected chi connectivity index (χ3v) is 7.47. The van der Waals surface area contributed by atoms with Gasteiger partial charge in [0, 0.05) is 75.7 Å². The molecule has 2 fully saturated rings. The van der Waals surface area contributed by atoms with E-state index < -0.39 is 0 Å². The SMILES string of the molecule is CCc1nsc(N2CCN(C(=NC)NCC3(SC)CCOCC3)CC2)n1.I. The third-order valence-electron chi connectivity index (χ3n) is 5.24. The molecule has 0 radical (unpaired) electrons. The van der Waals surface area contributed by atoms with E-state index in [1.54, 1.807) is 0 Å². The molecular formula is C17H31IN6OS2. The molecular weight excluding hydrogens is 495 g/mol. The lowest BCUT2D eigenvalue weighted by Crippen LogP contribution is -2.55. The Morgan fingerprint density at radius 1 is 1.30 bits per heavy atom. The van der Waals surface area contributed by atoms with E-state index in [-0.39, 0.29) is 28.7 Å². The molecule has 0 bridgehead atoms. The summed E-state index contributed by atoms with van der Waals surface area (Å²) in [7, 11) is 1.88. The first-order chi connectivity index (χ1) is 12.7. The molecule has 10 heteroatoms. The van der Waals surface area contributed by atoms with Crippen LogP contribution in [0.2, 0.25) is 0 Å². The van der Waals surface area contributed by atoms with Crippen LogP contribution in [0.4, 0.5) is 5.13 Å². The zero-order valence-electron chi connectivity index (χ0n) is 16.4. The lowest BCUT2D eigenvalue weighted by molar-refractivity contribution is 0.0781. The van der Waals surface area contributed by atoms with E-state index in [9.17, 15) is 0 Å². The molecule has 2 saturated heterocycles. The Hall–Kier alpha value is -0.330. The maximum absolute atomic E-state index is 5.54. The largest absolute Gasteiger partial charge is 0.381 e. The lowest BCUT2D eigenvalue weighted by Gasteiger charge is -2.39. The molecule has 3 heterocycles. The van der Waals surface area contributed by atoms with Crippen molar-refractivity contribution in [3.05, 3.63) is 5.82 Å². The van der Waals surface area contributed by atoms with E-state index in [4.69, 9.17) is 4.74 Å². The number of aliphatic imine (C=N–C) groups is 1. The van der Waals surface area contributed by atoms with Crippen LogP contribution in [-0.4, -0.2) is 84.2 Å². The fourth-order valence-electron chi connectivity index (χ4n) is 3.40. The van der Waals surface area contributed by atoms with Crippen LogP contribution in [0.1, 0.15) is 25.6 Å². The predicted molar refractivity (Wildman–Crippen MR) is 126 cm³/mol. The number of hydrogen-bond donors (Lipinski definition) is 1. The van der Waals surface area contributed by atoms with Crippen LogP contribution >= 0.6 is 47.3 Å². The maximum atomic E-state index is 5.54. The number of rotatable bonds is 5. The topological polar surface area (TPSA) is 65.9 Å². The molecule has 0 aliphatic carbocycles. The van der Waals surface area contributed by atoms with Gasteiger partial charge in [0.15, 0.2) is 5.96 Å². The van der Waals surface area contributed by atoms with Gasteiger partial charge in [0.1, 0.15) is 5.82 Å². The van der Waals surface area contributed by atoms with Crippen molar-refractivity contribution in [1.29, 1.82) is 0 Å². The quantitative estimate of drug-likeness (QED) is 0.359. The number of aromatic nitrogens is 2. The van der Waals surface area contributed by atoms with Gasteiger partial charge < -0.3 is 19.9 Å². The minimum atomic E-state index is 0. The van der Waals surface area contributed by atoms with Crippen LogP contribution in [0.5, 0.6) is 0 Å². The van der Waals surface area contributed by atoms with Crippen LogP contribution < -0.4 is 10.2 Å². The van der Waals surface area contributed by atoms with Crippen molar-refractivity contribution in [2.45, 2.75) is 30.9 Å². The highest BCUT2D eigenvalue weighted by Gasteiger charge is 2.32. The lowest BCUT2D eigenvalue weighted by atomic mass is 9.99. The van der Waals surface area contributed by atoms with Gasteiger partial charge >= 0.3 is 0 Å². The Morgan fingerprint density at radius 3 is 2.56 bits per heavy atom. The van der Waals surface area contributed by atoms with E-state index in [1.807, 2.05) is 18.8 Å². The summed E-state index contributed by atoms with van der Waals surface area (Å²) in [6.07, 6.45) is 5.31. The molecule has 0 amide bonds. The molecule has 154 valence electrons. The van der Waals surface area contributed by atoms with Crippen molar-refractivity contribution in [1.82, 2.24) is 19.6 Å². The minimum absolute atomic E-state index is 0. The van der Waals surface area contributed by atoms with Crippen LogP contribution in [-0.2, 0) is 11.2 Å². The molecule has 0 atom stereocenters. The summed E-state index contributed by atoms with van der Waals surface area (Å²) in [6.45, 7) is 8.59. The van der Waals surface area contributed by atoms with Crippen LogP contribution in [0.25, 0.3) is 0 Å². The van der Waals surface area contributed by atoms with Gasteiger partial charge in [0.2, 0.25) is 5.13 Å². The van der Waals surface area contributed by atoms with E-state index in [0.717, 1.165) is 82.1 Å². The van der Waals surface area contributed by atoms with Crippen molar-refractivity contribution >= 4 is 58.4 Å². The van der Waals surface area contributed by atoms with E-state index in [2.05, 4.69) is 42.6 Å². The summed E-state index contributed by atoms with van der Waals surface area (Å²) < 4.78 is 10.2. The van der Waals surface area contributed by atoms with Crippen molar-refractivity contribution in [2.24, 2.45) is 4.99 Å². The molecule has 1 N–H and O–H groups in total. The zero-order valence-corrected chi connectivity index (χ0v) is 20.4. The van der Waals surface area contributed by atoms with Gasteiger partial charge in [-0.25, -0.2) is 4.98 Å². The number of aryl methyl sites for hydroxylation is 1. The molecule has 2 aliphatic rings. The molecule has 27 heavy (non-hydrogen) atoms. The zero-order chi connectivity index (χ0) is 18.4. The summed E-state index contributed by atoms with van der Waals surface area (Å²) in [5, 5.41) is 4.67. The van der Waals surface area contributed by atoms with Gasteiger partial charge in [0.05, 0.1) is 0 Å². The van der Waals surface area contributed by atoms with Crippen LogP contribution in [0.15, 0.2) is 4.99 Å². The molecule has 3 rings (SSSR count). The fraction of sp³-hybridized carbons (Fsp3) is 0.824. The number of ether oxygens (including phenoxy) is 1. The molecule has 0 unspecified atom stereocenters. The van der Waals surface area contributed by atoms with Crippen molar-refractivity contribution in [2.75, 3.05) is 64.1 Å². The first kappa shape index (κ1) is 23.0. The second-order valence-corrected chi connectivity index (χ2v) is 8.73. The van der Waals surface area contributed by atoms with Gasteiger partial charge in [-0.2, -0.15) is 16.1 Å². The van der Waals surface area contributed by atoms with E-state index >= 15 is 0 Å². The number of nitrogens with one attached hydrogen (secondary N) is 1. The normalized spacial score (nSPS) is 20.3. The summed E-state index contributed by atoms with van der Waals surface area (Å²) in [6, 6.07) is 0. The number of guanidine groups is 1.